The zero-order valence-electron chi connectivity index (χ0n) is 11.5. The minimum absolute atomic E-state index is 0.614. The van der Waals surface area contributed by atoms with Gasteiger partial charge in [0.2, 0.25) is 0 Å². The second-order valence-electron chi connectivity index (χ2n) is 6.03. The third-order valence-electron chi connectivity index (χ3n) is 4.36. The molecule has 18 heavy (non-hydrogen) atoms. The van der Waals surface area contributed by atoms with Crippen LogP contribution in [0, 0.1) is 0 Å². The number of piperazine rings is 1. The van der Waals surface area contributed by atoms with E-state index in [0.29, 0.717) is 18.1 Å². The average Bonchev–Trinajstić information content (AvgIpc) is 2.37. The first kappa shape index (κ1) is 12.2. The molecule has 1 aliphatic carbocycles. The maximum Gasteiger partial charge on any atom is 0.0352 e. The summed E-state index contributed by atoms with van der Waals surface area (Å²) in [6.07, 6.45) is 3.94. The number of hydrogen-bond donors (Lipinski definition) is 1. The van der Waals surface area contributed by atoms with Crippen molar-refractivity contribution in [2.75, 3.05) is 13.1 Å². The fourth-order valence-electron chi connectivity index (χ4n) is 3.73. The molecule has 0 spiro atoms. The number of benzene rings is 1. The molecular weight excluding hydrogens is 220 g/mol. The van der Waals surface area contributed by atoms with E-state index in [0.717, 1.165) is 0 Å². The lowest BCUT2D eigenvalue weighted by Gasteiger charge is -2.43. The van der Waals surface area contributed by atoms with Crippen molar-refractivity contribution in [3.05, 3.63) is 35.4 Å². The Labute approximate surface area is 110 Å². The Hall–Kier alpha value is -0.860. The molecular formula is C16H24N2. The van der Waals surface area contributed by atoms with E-state index in [1.807, 2.05) is 0 Å². The first-order valence-electron chi connectivity index (χ1n) is 7.32. The van der Waals surface area contributed by atoms with E-state index in [9.17, 15) is 0 Å². The second-order valence-corrected chi connectivity index (χ2v) is 6.03. The molecule has 0 saturated carbocycles. The van der Waals surface area contributed by atoms with Crippen LogP contribution in [0.2, 0.25) is 0 Å². The number of nitrogens with zero attached hydrogens (tertiary/aromatic N) is 1. The Morgan fingerprint density at radius 2 is 1.83 bits per heavy atom. The van der Waals surface area contributed by atoms with Gasteiger partial charge >= 0.3 is 0 Å². The van der Waals surface area contributed by atoms with Gasteiger partial charge in [-0.1, -0.05) is 24.3 Å². The van der Waals surface area contributed by atoms with Gasteiger partial charge in [0.25, 0.3) is 0 Å². The molecule has 0 aromatic heterocycles. The summed E-state index contributed by atoms with van der Waals surface area (Å²) in [6, 6.07) is 10.9. The van der Waals surface area contributed by atoms with E-state index < -0.39 is 0 Å². The van der Waals surface area contributed by atoms with Crippen LogP contribution < -0.4 is 5.32 Å². The molecule has 3 unspecified atom stereocenters. The predicted octanol–water partition coefficient (Wildman–Crippen LogP) is 2.75. The van der Waals surface area contributed by atoms with Crippen LogP contribution in [0.4, 0.5) is 0 Å². The zero-order chi connectivity index (χ0) is 12.5. The van der Waals surface area contributed by atoms with Gasteiger partial charge in [0.1, 0.15) is 0 Å². The fourth-order valence-corrected chi connectivity index (χ4v) is 3.73. The van der Waals surface area contributed by atoms with Crippen molar-refractivity contribution in [3.8, 4) is 0 Å². The minimum atomic E-state index is 0.614. The van der Waals surface area contributed by atoms with Crippen molar-refractivity contribution >= 4 is 0 Å². The van der Waals surface area contributed by atoms with Gasteiger partial charge in [-0.25, -0.2) is 0 Å². The van der Waals surface area contributed by atoms with Gasteiger partial charge in [-0.05, 0) is 44.2 Å². The van der Waals surface area contributed by atoms with Gasteiger partial charge in [-0.2, -0.15) is 0 Å². The summed E-state index contributed by atoms with van der Waals surface area (Å²) in [7, 11) is 0. The zero-order valence-corrected chi connectivity index (χ0v) is 11.5. The van der Waals surface area contributed by atoms with E-state index in [-0.39, 0.29) is 0 Å². The van der Waals surface area contributed by atoms with E-state index in [2.05, 4.69) is 48.3 Å². The molecule has 1 fully saturated rings. The summed E-state index contributed by atoms with van der Waals surface area (Å²) in [5, 5.41) is 3.63. The molecule has 1 aromatic rings. The molecule has 1 N–H and O–H groups in total. The number of aryl methyl sites for hydroxylation is 1. The van der Waals surface area contributed by atoms with E-state index in [1.54, 1.807) is 11.1 Å². The van der Waals surface area contributed by atoms with Crippen LogP contribution in [-0.2, 0) is 6.42 Å². The molecule has 3 rings (SSSR count). The first-order chi connectivity index (χ1) is 8.74. The number of fused-ring (bicyclic) bond motifs is 1. The Bertz CT molecular complexity index is 405. The van der Waals surface area contributed by atoms with Crippen LogP contribution in [0.5, 0.6) is 0 Å². The van der Waals surface area contributed by atoms with Gasteiger partial charge in [0.05, 0.1) is 0 Å². The van der Waals surface area contributed by atoms with Gasteiger partial charge in [-0.3, -0.25) is 4.90 Å². The monoisotopic (exact) mass is 244 g/mol. The van der Waals surface area contributed by atoms with Crippen LogP contribution in [0.15, 0.2) is 24.3 Å². The van der Waals surface area contributed by atoms with Crippen molar-refractivity contribution in [2.24, 2.45) is 0 Å². The van der Waals surface area contributed by atoms with Crippen LogP contribution in [0.3, 0.4) is 0 Å². The first-order valence-corrected chi connectivity index (χ1v) is 7.32. The highest BCUT2D eigenvalue weighted by Gasteiger charge is 2.30. The third-order valence-corrected chi connectivity index (χ3v) is 4.36. The molecule has 2 nitrogen and oxygen atoms in total. The molecule has 2 aliphatic rings. The van der Waals surface area contributed by atoms with E-state index >= 15 is 0 Å². The van der Waals surface area contributed by atoms with Crippen molar-refractivity contribution < 1.29 is 0 Å². The standard InChI is InChI=1S/C16H24N2/c1-12-10-18(11-13(2)17-12)16-9-5-7-14-6-3-4-8-15(14)16/h3-4,6,8,12-13,16-17H,5,7,9-11H2,1-2H3. The molecule has 2 heteroatoms. The summed E-state index contributed by atoms with van der Waals surface area (Å²) in [6.45, 7) is 6.97. The Morgan fingerprint density at radius 3 is 2.61 bits per heavy atom. The molecule has 3 atom stereocenters. The maximum absolute atomic E-state index is 3.63. The molecule has 1 saturated heterocycles. The smallest absolute Gasteiger partial charge is 0.0352 e. The summed E-state index contributed by atoms with van der Waals surface area (Å²) < 4.78 is 0. The number of nitrogens with one attached hydrogen (secondary N) is 1. The van der Waals surface area contributed by atoms with Gasteiger partial charge in [-0.15, -0.1) is 0 Å². The van der Waals surface area contributed by atoms with Gasteiger partial charge < -0.3 is 5.32 Å². The summed E-state index contributed by atoms with van der Waals surface area (Å²) in [5.74, 6) is 0. The highest BCUT2D eigenvalue weighted by Crippen LogP contribution is 2.34. The highest BCUT2D eigenvalue weighted by molar-refractivity contribution is 5.32. The summed E-state index contributed by atoms with van der Waals surface area (Å²) in [5.41, 5.74) is 3.16. The third kappa shape index (κ3) is 2.32. The van der Waals surface area contributed by atoms with Crippen LogP contribution in [0.1, 0.15) is 43.9 Å². The van der Waals surface area contributed by atoms with Crippen molar-refractivity contribution in [2.45, 2.75) is 51.2 Å². The number of rotatable bonds is 1. The van der Waals surface area contributed by atoms with Gasteiger partial charge in [0.15, 0.2) is 0 Å². The van der Waals surface area contributed by atoms with Gasteiger partial charge in [0, 0.05) is 31.2 Å². The lowest BCUT2D eigenvalue weighted by Crippen LogP contribution is -2.55. The second kappa shape index (κ2) is 5.02. The normalized spacial score (nSPS) is 33.1. The topological polar surface area (TPSA) is 15.3 Å². The summed E-state index contributed by atoms with van der Waals surface area (Å²) in [4.78, 5) is 2.70. The largest absolute Gasteiger partial charge is 0.309 e. The van der Waals surface area contributed by atoms with E-state index in [4.69, 9.17) is 0 Å². The molecule has 0 amide bonds. The summed E-state index contributed by atoms with van der Waals surface area (Å²) >= 11 is 0. The average molecular weight is 244 g/mol. The highest BCUT2D eigenvalue weighted by atomic mass is 15.2. The van der Waals surface area contributed by atoms with Crippen LogP contribution in [0.25, 0.3) is 0 Å². The van der Waals surface area contributed by atoms with Crippen molar-refractivity contribution in [1.29, 1.82) is 0 Å². The van der Waals surface area contributed by atoms with Crippen molar-refractivity contribution in [1.82, 2.24) is 10.2 Å². The quantitative estimate of drug-likeness (QED) is 0.817. The lowest BCUT2D eigenvalue weighted by atomic mass is 9.86. The maximum atomic E-state index is 3.63. The minimum Gasteiger partial charge on any atom is -0.309 e. The predicted molar refractivity (Wildman–Crippen MR) is 75.8 cm³/mol. The van der Waals surface area contributed by atoms with Crippen molar-refractivity contribution in [3.63, 3.8) is 0 Å². The van der Waals surface area contributed by atoms with Crippen LogP contribution in [-0.4, -0.2) is 30.1 Å². The molecule has 1 heterocycles. The molecule has 1 aliphatic heterocycles. The molecule has 98 valence electrons. The molecule has 0 radical (unpaired) electrons. The van der Waals surface area contributed by atoms with E-state index in [1.165, 1.54) is 32.4 Å². The lowest BCUT2D eigenvalue weighted by molar-refractivity contribution is 0.112. The Morgan fingerprint density at radius 1 is 1.11 bits per heavy atom. The Balaban J connectivity index is 1.85. The van der Waals surface area contributed by atoms with Crippen LogP contribution >= 0.6 is 0 Å². The SMILES string of the molecule is CC1CN(C2CCCc3ccccc32)CC(C)N1. The molecule has 1 aromatic carbocycles. The Kier molecular flexibility index (Phi) is 3.40. The fraction of sp³-hybridized carbons (Fsp3) is 0.625. The number of hydrogen-bond acceptors (Lipinski definition) is 2. The molecule has 0 bridgehead atoms.